The molecule has 0 radical (unpaired) electrons. The van der Waals surface area contributed by atoms with Gasteiger partial charge in [-0.25, -0.2) is 19.2 Å². The Morgan fingerprint density at radius 3 is 2.59 bits per heavy atom. The van der Waals surface area contributed by atoms with Crippen molar-refractivity contribution >= 4 is 17.7 Å². The molecule has 1 aromatic rings. The maximum absolute atomic E-state index is 14.6. The number of amides is 2. The van der Waals surface area contributed by atoms with Crippen molar-refractivity contribution in [3.63, 3.8) is 0 Å². The SMILES string of the molecule is CCN1C[C@H](C)N(C(=O)N2CC3=C(CN=C3Nc3nc(C)nc(C)c3F)C2(C)C)C[C@H]1C. The zero-order chi connectivity index (χ0) is 23.4. The number of nitrogens with one attached hydrogen (secondary N) is 1. The van der Waals surface area contributed by atoms with E-state index in [2.05, 4.69) is 59.8 Å². The summed E-state index contributed by atoms with van der Waals surface area (Å²) in [6, 6.07) is 0.535. The van der Waals surface area contributed by atoms with Crippen molar-refractivity contribution in [3.8, 4) is 0 Å². The van der Waals surface area contributed by atoms with Crippen molar-refractivity contribution < 1.29 is 9.18 Å². The van der Waals surface area contributed by atoms with Crippen molar-refractivity contribution in [2.75, 3.05) is 38.0 Å². The summed E-state index contributed by atoms with van der Waals surface area (Å²) in [7, 11) is 0. The molecule has 4 rings (SSSR count). The van der Waals surface area contributed by atoms with E-state index >= 15 is 0 Å². The van der Waals surface area contributed by atoms with Crippen molar-refractivity contribution in [3.05, 3.63) is 28.5 Å². The lowest BCUT2D eigenvalue weighted by Crippen LogP contribution is -2.62. The van der Waals surface area contributed by atoms with Gasteiger partial charge in [0.05, 0.1) is 24.3 Å². The van der Waals surface area contributed by atoms with E-state index in [4.69, 9.17) is 0 Å². The number of anilines is 1. The third kappa shape index (κ3) is 3.66. The molecule has 2 atom stereocenters. The molecule has 32 heavy (non-hydrogen) atoms. The van der Waals surface area contributed by atoms with Gasteiger partial charge in [0.15, 0.2) is 11.6 Å². The molecule has 3 aliphatic heterocycles. The van der Waals surface area contributed by atoms with Crippen molar-refractivity contribution in [1.82, 2.24) is 24.7 Å². The smallest absolute Gasteiger partial charge is 0.321 e. The van der Waals surface area contributed by atoms with Crippen LogP contribution < -0.4 is 5.32 Å². The molecule has 4 heterocycles. The van der Waals surface area contributed by atoms with Gasteiger partial charge in [0.25, 0.3) is 0 Å². The Morgan fingerprint density at radius 2 is 1.91 bits per heavy atom. The standard InChI is InChI=1S/C23H34FN7O/c1-8-29-10-14(3)30(11-13(29)2)22(32)31-12-17-18(23(31,6)7)9-25-20(17)28-21-19(24)15(4)26-16(5)27-21/h13-14H,8-12H2,1-7H3,(H,25,26,27,28)/t13-,14+/m1/s1. The summed E-state index contributed by atoms with van der Waals surface area (Å²) in [5, 5.41) is 3.08. The lowest BCUT2D eigenvalue weighted by atomic mass is 9.94. The second-order valence-corrected chi connectivity index (χ2v) is 9.63. The summed E-state index contributed by atoms with van der Waals surface area (Å²) < 4.78 is 14.6. The Kier molecular flexibility index (Phi) is 5.73. The molecule has 0 saturated carbocycles. The number of urea groups is 1. The van der Waals surface area contributed by atoms with Crippen LogP contribution in [0.5, 0.6) is 0 Å². The number of nitrogens with zero attached hydrogens (tertiary/aromatic N) is 6. The molecule has 9 heteroatoms. The summed E-state index contributed by atoms with van der Waals surface area (Å²) in [6.07, 6.45) is 0. The Morgan fingerprint density at radius 1 is 1.19 bits per heavy atom. The van der Waals surface area contributed by atoms with Gasteiger partial charge in [-0.1, -0.05) is 6.92 Å². The first-order valence-electron chi connectivity index (χ1n) is 11.4. The van der Waals surface area contributed by atoms with Crippen molar-refractivity contribution in [2.45, 2.75) is 66.1 Å². The fourth-order valence-electron chi connectivity index (χ4n) is 5.12. The van der Waals surface area contributed by atoms with E-state index in [1.807, 2.05) is 9.80 Å². The predicted octanol–water partition coefficient (Wildman–Crippen LogP) is 2.98. The molecule has 1 saturated heterocycles. The Bertz CT molecular complexity index is 1000. The molecule has 174 valence electrons. The molecule has 0 aromatic carbocycles. The molecule has 0 aliphatic carbocycles. The molecular formula is C23H34FN7O. The number of carbonyl (C=O) groups excluding carboxylic acids is 1. The fourth-order valence-corrected chi connectivity index (χ4v) is 5.12. The third-order valence-corrected chi connectivity index (χ3v) is 7.14. The number of hydrogen-bond acceptors (Lipinski definition) is 6. The van der Waals surface area contributed by atoms with E-state index in [0.29, 0.717) is 36.5 Å². The number of aryl methyl sites for hydroxylation is 2. The van der Waals surface area contributed by atoms with Crippen LogP contribution in [0.1, 0.15) is 46.1 Å². The van der Waals surface area contributed by atoms with E-state index in [0.717, 1.165) is 30.8 Å². The normalized spacial score (nSPS) is 25.3. The van der Waals surface area contributed by atoms with Gasteiger partial charge in [0, 0.05) is 30.7 Å². The molecule has 0 unspecified atom stereocenters. The average Bonchev–Trinajstić information content (AvgIpc) is 3.24. The zero-order valence-corrected chi connectivity index (χ0v) is 20.2. The number of rotatable bonds is 2. The topological polar surface area (TPSA) is 77.0 Å². The van der Waals surface area contributed by atoms with E-state index in [1.54, 1.807) is 13.8 Å². The van der Waals surface area contributed by atoms with Crippen molar-refractivity contribution in [1.29, 1.82) is 0 Å². The molecule has 8 nitrogen and oxygen atoms in total. The lowest BCUT2D eigenvalue weighted by Gasteiger charge is -2.47. The molecule has 2 amide bonds. The third-order valence-electron chi connectivity index (χ3n) is 7.14. The van der Waals surface area contributed by atoms with E-state index in [-0.39, 0.29) is 17.9 Å². The Balaban J connectivity index is 1.54. The highest BCUT2D eigenvalue weighted by Crippen LogP contribution is 2.39. The summed E-state index contributed by atoms with van der Waals surface area (Å²) in [5.41, 5.74) is 1.90. The largest absolute Gasteiger partial charge is 0.322 e. The molecule has 0 spiro atoms. The maximum atomic E-state index is 14.6. The number of halogens is 1. The monoisotopic (exact) mass is 443 g/mol. The van der Waals surface area contributed by atoms with E-state index in [1.165, 1.54) is 0 Å². The Labute approximate surface area is 189 Å². The van der Waals surface area contributed by atoms with Crippen LogP contribution in [0.3, 0.4) is 0 Å². The van der Waals surface area contributed by atoms with Crippen LogP contribution in [-0.2, 0) is 0 Å². The minimum Gasteiger partial charge on any atom is -0.322 e. The number of aliphatic imine (C=N–C) groups is 1. The highest BCUT2D eigenvalue weighted by molar-refractivity contribution is 6.11. The average molecular weight is 444 g/mol. The van der Waals surface area contributed by atoms with E-state index in [9.17, 15) is 9.18 Å². The van der Waals surface area contributed by atoms with Crippen LogP contribution in [-0.4, -0.2) is 86.9 Å². The molecule has 3 aliphatic rings. The number of likely N-dealkylation sites (N-methyl/N-ethyl adjacent to an activating group) is 1. The molecular weight excluding hydrogens is 409 g/mol. The summed E-state index contributed by atoms with van der Waals surface area (Å²) in [4.78, 5) is 32.9. The quantitative estimate of drug-likeness (QED) is 0.761. The van der Waals surface area contributed by atoms with E-state index < -0.39 is 11.4 Å². The first-order chi connectivity index (χ1) is 15.0. The fraction of sp³-hybridized carbons (Fsp3) is 0.652. The van der Waals surface area contributed by atoms with Gasteiger partial charge in [-0.15, -0.1) is 0 Å². The number of hydrogen-bond donors (Lipinski definition) is 1. The van der Waals surface area contributed by atoms with Gasteiger partial charge < -0.3 is 15.1 Å². The van der Waals surface area contributed by atoms with Gasteiger partial charge in [-0.3, -0.25) is 9.89 Å². The first kappa shape index (κ1) is 22.6. The van der Waals surface area contributed by atoms with Gasteiger partial charge in [0.2, 0.25) is 0 Å². The van der Waals surface area contributed by atoms with Crippen LogP contribution in [0.4, 0.5) is 15.0 Å². The number of carbonyl (C=O) groups is 1. The predicted molar refractivity (Wildman–Crippen MR) is 123 cm³/mol. The van der Waals surface area contributed by atoms with Gasteiger partial charge in [0.1, 0.15) is 11.7 Å². The molecule has 1 aromatic heterocycles. The summed E-state index contributed by atoms with van der Waals surface area (Å²) in [6.45, 7) is 17.5. The maximum Gasteiger partial charge on any atom is 0.321 e. The highest BCUT2D eigenvalue weighted by Gasteiger charge is 2.47. The Hall–Kier alpha value is -2.55. The highest BCUT2D eigenvalue weighted by atomic mass is 19.1. The van der Waals surface area contributed by atoms with Crippen LogP contribution in [0.2, 0.25) is 0 Å². The molecule has 1 N–H and O–H groups in total. The van der Waals surface area contributed by atoms with Gasteiger partial charge in [-0.2, -0.15) is 0 Å². The zero-order valence-electron chi connectivity index (χ0n) is 20.2. The number of amidine groups is 1. The van der Waals surface area contributed by atoms with Crippen LogP contribution in [0, 0.1) is 19.7 Å². The number of aromatic nitrogens is 2. The minimum atomic E-state index is -0.478. The lowest BCUT2D eigenvalue weighted by molar-refractivity contribution is 0.0454. The number of piperazine rings is 1. The van der Waals surface area contributed by atoms with Crippen molar-refractivity contribution in [2.24, 2.45) is 4.99 Å². The summed E-state index contributed by atoms with van der Waals surface area (Å²) >= 11 is 0. The first-order valence-corrected chi connectivity index (χ1v) is 11.4. The molecule has 0 bridgehead atoms. The van der Waals surface area contributed by atoms with Gasteiger partial charge in [-0.05, 0) is 53.7 Å². The van der Waals surface area contributed by atoms with Crippen LogP contribution in [0.25, 0.3) is 0 Å². The second-order valence-electron chi connectivity index (χ2n) is 9.63. The molecule has 1 fully saturated rings. The van der Waals surface area contributed by atoms with Crippen LogP contribution in [0.15, 0.2) is 16.1 Å². The second kappa shape index (κ2) is 8.10. The van der Waals surface area contributed by atoms with Crippen LogP contribution >= 0.6 is 0 Å². The van der Waals surface area contributed by atoms with Gasteiger partial charge >= 0.3 is 6.03 Å². The summed E-state index contributed by atoms with van der Waals surface area (Å²) in [5.74, 6) is 0.742. The minimum absolute atomic E-state index is 0.0544.